The van der Waals surface area contributed by atoms with Gasteiger partial charge in [0.05, 0.1) is 18.0 Å². The monoisotopic (exact) mass is 373 g/mol. The number of imidazole rings is 1. The third-order valence-corrected chi connectivity index (χ3v) is 5.09. The Balaban J connectivity index is 1.29. The molecule has 0 fully saturated rings. The Labute approximate surface area is 161 Å². The minimum absolute atomic E-state index is 0.0202. The zero-order chi connectivity index (χ0) is 18.9. The number of pyridine rings is 1. The van der Waals surface area contributed by atoms with Crippen LogP contribution in [0, 0.1) is 5.92 Å². The average molecular weight is 373 g/mol. The van der Waals surface area contributed by atoms with Crippen LogP contribution < -0.4 is 5.32 Å². The number of benzene rings is 1. The number of nitrogens with one attached hydrogen (secondary N) is 2. The minimum atomic E-state index is -0.117. The Morgan fingerprint density at radius 2 is 2.07 bits per heavy atom. The molecule has 0 radical (unpaired) electrons. The molecule has 1 aliphatic heterocycles. The Hall–Kier alpha value is -3.55. The van der Waals surface area contributed by atoms with E-state index in [0.717, 1.165) is 35.6 Å². The van der Waals surface area contributed by atoms with Crippen LogP contribution in [0.15, 0.2) is 48.7 Å². The van der Waals surface area contributed by atoms with Crippen molar-refractivity contribution in [2.75, 3.05) is 0 Å². The SMILES string of the molecule is O=C(NCc1nc2ncccc2[nH]1)C1CCc2nnc(-c3ccccc3)n2C1. The fourth-order valence-electron chi connectivity index (χ4n) is 3.64. The average Bonchev–Trinajstić information content (AvgIpc) is 3.35. The maximum absolute atomic E-state index is 12.7. The van der Waals surface area contributed by atoms with Gasteiger partial charge in [-0.1, -0.05) is 30.3 Å². The van der Waals surface area contributed by atoms with E-state index in [1.807, 2.05) is 42.5 Å². The van der Waals surface area contributed by atoms with Gasteiger partial charge >= 0.3 is 0 Å². The van der Waals surface area contributed by atoms with Crippen LogP contribution in [0.2, 0.25) is 0 Å². The standard InChI is InChI=1S/C20H19N7O/c28-20(22-11-16-23-15-7-4-10-21-18(15)24-16)14-8-9-17-25-26-19(27(17)12-14)13-5-2-1-3-6-13/h1-7,10,14H,8-9,11-12H2,(H,22,28)(H,21,23,24). The van der Waals surface area contributed by atoms with E-state index in [2.05, 4.69) is 35.0 Å². The van der Waals surface area contributed by atoms with Crippen molar-refractivity contribution < 1.29 is 4.79 Å². The molecule has 0 bridgehead atoms. The van der Waals surface area contributed by atoms with Gasteiger partial charge in [-0.3, -0.25) is 4.79 Å². The molecule has 8 nitrogen and oxygen atoms in total. The van der Waals surface area contributed by atoms with E-state index >= 15 is 0 Å². The predicted octanol–water partition coefficient (Wildman–Crippen LogP) is 2.10. The third kappa shape index (κ3) is 3.02. The van der Waals surface area contributed by atoms with E-state index in [1.54, 1.807) is 6.20 Å². The summed E-state index contributed by atoms with van der Waals surface area (Å²) in [6, 6.07) is 13.7. The lowest BCUT2D eigenvalue weighted by Gasteiger charge is -2.23. The van der Waals surface area contributed by atoms with E-state index < -0.39 is 0 Å². The van der Waals surface area contributed by atoms with Crippen LogP contribution in [0.3, 0.4) is 0 Å². The molecule has 1 aliphatic rings. The predicted molar refractivity (Wildman–Crippen MR) is 103 cm³/mol. The molecule has 5 rings (SSSR count). The molecule has 4 aromatic rings. The summed E-state index contributed by atoms with van der Waals surface area (Å²) in [7, 11) is 0. The molecule has 140 valence electrons. The van der Waals surface area contributed by atoms with E-state index in [4.69, 9.17) is 0 Å². The summed E-state index contributed by atoms with van der Waals surface area (Å²) in [5, 5.41) is 11.6. The number of fused-ring (bicyclic) bond motifs is 2. The summed E-state index contributed by atoms with van der Waals surface area (Å²) in [5.74, 6) is 2.36. The molecule has 28 heavy (non-hydrogen) atoms. The van der Waals surface area contributed by atoms with Crippen molar-refractivity contribution in [2.45, 2.75) is 25.9 Å². The van der Waals surface area contributed by atoms with Gasteiger partial charge in [0.15, 0.2) is 11.5 Å². The largest absolute Gasteiger partial charge is 0.349 e. The number of carbonyl (C=O) groups is 1. The Bertz CT molecular complexity index is 1100. The fourth-order valence-corrected chi connectivity index (χ4v) is 3.64. The van der Waals surface area contributed by atoms with Crippen LogP contribution in [0.25, 0.3) is 22.6 Å². The molecule has 1 aromatic carbocycles. The number of nitrogens with zero attached hydrogens (tertiary/aromatic N) is 5. The number of rotatable bonds is 4. The second-order valence-electron chi connectivity index (χ2n) is 6.93. The lowest BCUT2D eigenvalue weighted by molar-refractivity contribution is -0.126. The maximum atomic E-state index is 12.7. The van der Waals surface area contributed by atoms with Crippen molar-refractivity contribution in [1.82, 2.24) is 35.0 Å². The first-order chi connectivity index (χ1) is 13.8. The van der Waals surface area contributed by atoms with E-state index in [0.29, 0.717) is 24.6 Å². The minimum Gasteiger partial charge on any atom is -0.349 e. The molecule has 1 atom stereocenters. The number of aryl methyl sites for hydroxylation is 1. The number of aromatic amines is 1. The number of amides is 1. The number of carbonyl (C=O) groups excluding carboxylic acids is 1. The van der Waals surface area contributed by atoms with Crippen LogP contribution in [-0.4, -0.2) is 35.6 Å². The molecule has 2 N–H and O–H groups in total. The van der Waals surface area contributed by atoms with Gasteiger partial charge in [-0.25, -0.2) is 9.97 Å². The second kappa shape index (κ2) is 6.88. The van der Waals surface area contributed by atoms with E-state index in [9.17, 15) is 4.79 Å². The highest BCUT2D eigenvalue weighted by Gasteiger charge is 2.28. The number of hydrogen-bond acceptors (Lipinski definition) is 5. The van der Waals surface area contributed by atoms with Crippen LogP contribution >= 0.6 is 0 Å². The maximum Gasteiger partial charge on any atom is 0.225 e. The normalized spacial score (nSPS) is 16.1. The highest BCUT2D eigenvalue weighted by atomic mass is 16.1. The van der Waals surface area contributed by atoms with Gasteiger partial charge in [-0.15, -0.1) is 10.2 Å². The van der Waals surface area contributed by atoms with E-state index in [-0.39, 0.29) is 11.8 Å². The van der Waals surface area contributed by atoms with Crippen LogP contribution in [-0.2, 0) is 24.3 Å². The molecule has 0 aliphatic carbocycles. The Morgan fingerprint density at radius 1 is 1.18 bits per heavy atom. The molecule has 3 aromatic heterocycles. The lowest BCUT2D eigenvalue weighted by Crippen LogP contribution is -2.36. The van der Waals surface area contributed by atoms with Crippen LogP contribution in [0.5, 0.6) is 0 Å². The van der Waals surface area contributed by atoms with E-state index in [1.165, 1.54) is 0 Å². The topological polar surface area (TPSA) is 101 Å². The van der Waals surface area contributed by atoms with Crippen molar-refractivity contribution in [3.05, 3.63) is 60.3 Å². The summed E-state index contributed by atoms with van der Waals surface area (Å²) in [4.78, 5) is 24.5. The van der Waals surface area contributed by atoms with Crippen LogP contribution in [0.4, 0.5) is 0 Å². The Morgan fingerprint density at radius 3 is 2.93 bits per heavy atom. The van der Waals surface area contributed by atoms with Crippen molar-refractivity contribution in [1.29, 1.82) is 0 Å². The molecular weight excluding hydrogens is 354 g/mol. The molecule has 0 saturated heterocycles. The number of H-pyrrole nitrogens is 1. The van der Waals surface area contributed by atoms with Gasteiger partial charge < -0.3 is 14.9 Å². The summed E-state index contributed by atoms with van der Waals surface area (Å²) in [5.41, 5.74) is 2.54. The zero-order valence-electron chi connectivity index (χ0n) is 15.2. The molecule has 0 saturated carbocycles. The quantitative estimate of drug-likeness (QED) is 0.570. The molecule has 4 heterocycles. The van der Waals surface area contributed by atoms with Gasteiger partial charge in [0.2, 0.25) is 5.91 Å². The van der Waals surface area contributed by atoms with Crippen molar-refractivity contribution in [3.8, 4) is 11.4 Å². The summed E-state index contributed by atoms with van der Waals surface area (Å²) in [6.07, 6.45) is 3.21. The van der Waals surface area contributed by atoms with Crippen LogP contribution in [0.1, 0.15) is 18.1 Å². The first-order valence-corrected chi connectivity index (χ1v) is 9.33. The molecule has 8 heteroatoms. The lowest BCUT2D eigenvalue weighted by atomic mass is 9.98. The summed E-state index contributed by atoms with van der Waals surface area (Å²) in [6.45, 7) is 0.937. The van der Waals surface area contributed by atoms with Gasteiger partial charge in [0, 0.05) is 24.7 Å². The fraction of sp³-hybridized carbons (Fsp3) is 0.250. The molecule has 1 amide bonds. The molecular formula is C20H19N7O. The van der Waals surface area contributed by atoms with Crippen molar-refractivity contribution >= 4 is 17.1 Å². The van der Waals surface area contributed by atoms with Crippen molar-refractivity contribution in [2.24, 2.45) is 5.92 Å². The number of hydrogen-bond donors (Lipinski definition) is 2. The zero-order valence-corrected chi connectivity index (χ0v) is 15.2. The highest BCUT2D eigenvalue weighted by molar-refractivity contribution is 5.79. The molecule has 0 spiro atoms. The summed E-state index contributed by atoms with van der Waals surface area (Å²) < 4.78 is 2.06. The van der Waals surface area contributed by atoms with Gasteiger partial charge in [0.1, 0.15) is 11.6 Å². The molecule has 1 unspecified atom stereocenters. The van der Waals surface area contributed by atoms with Crippen molar-refractivity contribution in [3.63, 3.8) is 0 Å². The first-order valence-electron chi connectivity index (χ1n) is 9.33. The smallest absolute Gasteiger partial charge is 0.225 e. The number of aromatic nitrogens is 6. The highest BCUT2D eigenvalue weighted by Crippen LogP contribution is 2.25. The second-order valence-corrected chi connectivity index (χ2v) is 6.93. The van der Waals surface area contributed by atoms with Gasteiger partial charge in [-0.2, -0.15) is 0 Å². The van der Waals surface area contributed by atoms with Gasteiger partial charge in [0.25, 0.3) is 0 Å². The third-order valence-electron chi connectivity index (χ3n) is 5.09. The Kier molecular flexibility index (Phi) is 4.08. The van der Waals surface area contributed by atoms with Gasteiger partial charge in [-0.05, 0) is 18.6 Å². The summed E-state index contributed by atoms with van der Waals surface area (Å²) >= 11 is 0. The first kappa shape index (κ1) is 16.6.